The molecule has 0 aliphatic carbocycles. The van der Waals surface area contributed by atoms with Gasteiger partial charge in [-0.1, -0.05) is 280 Å². The average molecular weight is 2640 g/mol. The molecular weight excluding hydrogens is 2540 g/mol. The molecule has 148 heavy (non-hydrogen) atoms. The van der Waals surface area contributed by atoms with Crippen LogP contribution >= 0.6 is 0 Å². The summed E-state index contributed by atoms with van der Waals surface area (Å²) in [6.45, 7) is 14.5. The molecule has 0 amide bonds. The SMILES string of the molecule is CC(C)(C)c1cc(-c2[c-]cccc2)[n-]n1.Cc1cc(C)n(-c2[c-]cc(-c3ccc(-c4ccccc4)cc3)cc2)n1.Cc1cc(C)n(-c2[c-]cc(-c3ccc(-c4ccccc4)cc3)cc2)n1.[Pt].[Pt].[Pt].[Pt].[c-]1cc(-c2ccc(-c3ccccc3)cc2)ccc1-n1cccn1.[c-]1cc(-c2ccc(-c3ccccc3)cc2)ccc1-n1cccn1.[c-]1ccccc1-c1ccn[n-]1.[c-]1ccccc1-c1ccn[n-]1.[c-]1ccccc1-c1ncc[n-]1. The van der Waals surface area contributed by atoms with Gasteiger partial charge < -0.3 is 40.6 Å². The molecule has 0 spiro atoms. The summed E-state index contributed by atoms with van der Waals surface area (Å²) in [5.41, 5.74) is 35.0. The number of benzene rings is 16. The maximum atomic E-state index is 4.51. The molecule has 0 N–H and O–H groups in total. The summed E-state index contributed by atoms with van der Waals surface area (Å²) >= 11 is 0. The fraction of sp³-hybridized carbons (Fsp3) is 0.0625. The topological polar surface area (TPSA) is 179 Å². The Labute approximate surface area is 923 Å². The first kappa shape index (κ1) is 109. The zero-order valence-electron chi connectivity index (χ0n) is 82.0. The largest absolute Gasteiger partial charge is 0.619 e. The van der Waals surface area contributed by atoms with Gasteiger partial charge in [-0.3, -0.25) is 18.7 Å². The normalized spacial score (nSPS) is 10.3. The smallest absolute Gasteiger partial charge is 0.0600 e. The van der Waals surface area contributed by atoms with Crippen molar-refractivity contribution < 1.29 is 84.3 Å². The van der Waals surface area contributed by atoms with Crippen LogP contribution in [0.25, 0.3) is 157 Å². The molecule has 8 aromatic heterocycles. The summed E-state index contributed by atoms with van der Waals surface area (Å²) in [7, 11) is 0. The molecule has 24 aromatic rings. The summed E-state index contributed by atoms with van der Waals surface area (Å²) in [6.07, 6.45) is 14.1. The van der Waals surface area contributed by atoms with E-state index in [-0.39, 0.29) is 89.7 Å². The van der Waals surface area contributed by atoms with Crippen LogP contribution in [0.4, 0.5) is 0 Å². The van der Waals surface area contributed by atoms with Gasteiger partial charge in [0.1, 0.15) is 0 Å². The maximum absolute atomic E-state index is 4.51. The van der Waals surface area contributed by atoms with E-state index in [0.29, 0.717) is 0 Å². The number of hydrogen-bond acceptors (Lipinski definition) is 8. The molecule has 0 saturated carbocycles. The molecule has 0 radical (unpaired) electrons. The van der Waals surface area contributed by atoms with Crippen molar-refractivity contribution >= 4 is 0 Å². The number of hydrogen-bond donors (Lipinski definition) is 0. The standard InChI is InChI=1S/2C23H19N2.2C21H15N2.C13H14N2.3C9H6N2.4Pt/c2*1-17-16-18(2)25(24-17)23-14-12-22(13-15-23)21-10-8-20(9-11-21)19-6-4-3-5-7-19;2*1-2-5-17(6-3-1)18-7-9-19(10-8-18)20-11-13-21(14-12-20)23-16-4-15-22-23;1-13(2,3)12-9-11(14-15-12)10-7-5-4-6-8-10;1-2-4-8(5-3-1)9-10-6-7-11-9;2*1-2-4-8(5-3-1)9-6-7-10-11-9;;;;/h2*3-14,16H,1-2H3;2*1-13,15-16H;4-7,9H,1-3H3;3*1-4,6-7H;;;;/q4*-1;4*-2;;;;. The van der Waals surface area contributed by atoms with E-state index in [2.05, 4.69) is 387 Å². The van der Waals surface area contributed by atoms with Crippen LogP contribution in [0.3, 0.4) is 0 Å². The minimum absolute atomic E-state index is 0. The van der Waals surface area contributed by atoms with Gasteiger partial charge in [0.05, 0.1) is 11.4 Å². The van der Waals surface area contributed by atoms with Crippen LogP contribution in [0.1, 0.15) is 49.2 Å². The van der Waals surface area contributed by atoms with Crippen LogP contribution in [0.15, 0.2) is 480 Å². The summed E-state index contributed by atoms with van der Waals surface area (Å²) < 4.78 is 7.47. The first-order chi connectivity index (χ1) is 70.7. The molecule has 744 valence electrons. The zero-order chi connectivity index (χ0) is 98.9. The minimum atomic E-state index is 0. The van der Waals surface area contributed by atoms with E-state index >= 15 is 0 Å². The molecule has 16 nitrogen and oxygen atoms in total. The Balaban J connectivity index is 0.000000143. The number of rotatable bonds is 16. The van der Waals surface area contributed by atoms with Gasteiger partial charge in [-0.2, -0.15) is 115 Å². The van der Waals surface area contributed by atoms with Gasteiger partial charge in [-0.05, 0) is 132 Å². The number of aromatic nitrogens is 16. The van der Waals surface area contributed by atoms with Crippen LogP contribution in [-0.4, -0.2) is 59.4 Å². The molecule has 0 aliphatic rings. The number of aryl methyl sites for hydroxylation is 4. The van der Waals surface area contributed by atoms with Gasteiger partial charge in [-0.25, -0.2) is 17.1 Å². The Morgan fingerprint density at radius 2 is 0.547 bits per heavy atom. The molecular formula is C128H100N16Pt4-12. The second-order valence-electron chi connectivity index (χ2n) is 34.4. The van der Waals surface area contributed by atoms with E-state index in [0.717, 1.165) is 119 Å². The van der Waals surface area contributed by atoms with E-state index in [9.17, 15) is 0 Å². The second kappa shape index (κ2) is 55.3. The van der Waals surface area contributed by atoms with Gasteiger partial charge >= 0.3 is 0 Å². The van der Waals surface area contributed by atoms with Crippen molar-refractivity contribution in [1.82, 2.24) is 79.7 Å². The molecule has 24 rings (SSSR count). The second-order valence-corrected chi connectivity index (χ2v) is 34.4. The average Bonchev–Trinajstić information content (AvgIpc) is 1.57. The third kappa shape index (κ3) is 30.6. The molecule has 20 heteroatoms. The zero-order valence-corrected chi connectivity index (χ0v) is 91.1. The Hall–Kier alpha value is -16.0. The van der Waals surface area contributed by atoms with Crippen LogP contribution in [0.5, 0.6) is 0 Å². The summed E-state index contributed by atoms with van der Waals surface area (Å²) in [5, 5.41) is 41.1. The molecule has 0 unspecified atom stereocenters. The van der Waals surface area contributed by atoms with E-state index in [1.54, 1.807) is 37.2 Å². The van der Waals surface area contributed by atoms with Crippen molar-refractivity contribution in [3.8, 4) is 157 Å². The Bertz CT molecular complexity index is 7350. The van der Waals surface area contributed by atoms with Gasteiger partial charge in [0.15, 0.2) is 0 Å². The Morgan fingerprint density at radius 3 is 0.791 bits per heavy atom. The quantitative estimate of drug-likeness (QED) is 0.0837. The van der Waals surface area contributed by atoms with Gasteiger partial charge in [0.2, 0.25) is 0 Å². The third-order valence-electron chi connectivity index (χ3n) is 23.1. The number of imidazole rings is 1. The van der Waals surface area contributed by atoms with Gasteiger partial charge in [0, 0.05) is 132 Å². The van der Waals surface area contributed by atoms with Crippen LogP contribution in [0, 0.1) is 76.2 Å². The fourth-order valence-corrected chi connectivity index (χ4v) is 15.6. The van der Waals surface area contributed by atoms with E-state index in [1.165, 1.54) is 66.8 Å². The van der Waals surface area contributed by atoms with E-state index in [1.807, 2.05) is 233 Å². The minimum Gasteiger partial charge on any atom is -0.619 e. The summed E-state index contributed by atoms with van der Waals surface area (Å²) in [6, 6.07) is 171. The van der Waals surface area contributed by atoms with Crippen LogP contribution < -0.4 is 20.3 Å². The van der Waals surface area contributed by atoms with Crippen molar-refractivity contribution in [3.05, 3.63) is 557 Å². The first-order valence-corrected chi connectivity index (χ1v) is 47.2. The van der Waals surface area contributed by atoms with Crippen molar-refractivity contribution in [1.29, 1.82) is 0 Å². The van der Waals surface area contributed by atoms with Gasteiger partial charge in [0.25, 0.3) is 0 Å². The Kier molecular flexibility index (Phi) is 40.8. The summed E-state index contributed by atoms with van der Waals surface area (Å²) in [4.78, 5) is 8.09. The van der Waals surface area contributed by atoms with Crippen LogP contribution in [0.2, 0.25) is 0 Å². The fourth-order valence-electron chi connectivity index (χ4n) is 15.6. The Morgan fingerprint density at radius 1 is 0.257 bits per heavy atom. The van der Waals surface area contributed by atoms with Gasteiger partial charge in [-0.15, -0.1) is 186 Å². The molecule has 0 aliphatic heterocycles. The van der Waals surface area contributed by atoms with E-state index in [4.69, 9.17) is 0 Å². The maximum Gasteiger partial charge on any atom is 0.0600 e. The summed E-state index contributed by atoms with van der Waals surface area (Å²) in [5.74, 6) is 0.741. The molecule has 0 saturated heterocycles. The predicted molar refractivity (Wildman–Crippen MR) is 578 cm³/mol. The monoisotopic (exact) mass is 2640 g/mol. The first-order valence-electron chi connectivity index (χ1n) is 47.2. The molecule has 0 bridgehead atoms. The van der Waals surface area contributed by atoms with Crippen molar-refractivity contribution in [2.24, 2.45) is 0 Å². The van der Waals surface area contributed by atoms with Crippen molar-refractivity contribution in [2.75, 3.05) is 0 Å². The molecule has 8 heterocycles. The van der Waals surface area contributed by atoms with Crippen molar-refractivity contribution in [2.45, 2.75) is 53.9 Å². The predicted octanol–water partition coefficient (Wildman–Crippen LogP) is 28.6. The number of nitrogens with zero attached hydrogens (tertiary/aromatic N) is 16. The molecule has 16 aromatic carbocycles. The third-order valence-corrected chi connectivity index (χ3v) is 23.1. The van der Waals surface area contributed by atoms with Crippen LogP contribution in [-0.2, 0) is 89.7 Å². The molecule has 0 fully saturated rings. The van der Waals surface area contributed by atoms with E-state index < -0.39 is 0 Å². The molecule has 0 atom stereocenters. The van der Waals surface area contributed by atoms with Crippen molar-refractivity contribution in [3.63, 3.8) is 0 Å².